The van der Waals surface area contributed by atoms with Gasteiger partial charge >= 0.3 is 5.97 Å². The highest BCUT2D eigenvalue weighted by Crippen LogP contribution is 2.23. The molecule has 0 amide bonds. The molecule has 0 atom stereocenters. The fourth-order valence-electron chi connectivity index (χ4n) is 4.18. The summed E-state index contributed by atoms with van der Waals surface area (Å²) in [5.74, 6) is -0.413. The zero-order valence-corrected chi connectivity index (χ0v) is 23.2. The van der Waals surface area contributed by atoms with Crippen molar-refractivity contribution in [3.8, 4) is 5.75 Å². The maximum absolute atomic E-state index is 13.7. The zero-order valence-electron chi connectivity index (χ0n) is 22.4. The zero-order chi connectivity index (χ0) is 28.0. The summed E-state index contributed by atoms with van der Waals surface area (Å²) in [5, 5.41) is 9.53. The fraction of sp³-hybridized carbons (Fsp3) is 0.219. The van der Waals surface area contributed by atoms with Crippen LogP contribution in [0.5, 0.6) is 5.75 Å². The van der Waals surface area contributed by atoms with E-state index in [1.807, 2.05) is 74.5 Å². The molecule has 202 valence electrons. The summed E-state index contributed by atoms with van der Waals surface area (Å²) < 4.78 is 34.7. The summed E-state index contributed by atoms with van der Waals surface area (Å²) in [7, 11) is -3.96. The molecule has 1 N–H and O–H groups in total. The quantitative estimate of drug-likeness (QED) is 0.239. The van der Waals surface area contributed by atoms with Crippen LogP contribution in [0.15, 0.2) is 95.9 Å². The topological polar surface area (TPSA) is 83.9 Å². The van der Waals surface area contributed by atoms with Gasteiger partial charge in [0.25, 0.3) is 0 Å². The Morgan fingerprint density at radius 3 is 1.92 bits per heavy atom. The first-order valence-corrected chi connectivity index (χ1v) is 14.2. The van der Waals surface area contributed by atoms with Gasteiger partial charge in [-0.05, 0) is 73.7 Å². The highest BCUT2D eigenvalue weighted by Gasteiger charge is 2.26. The number of aromatic carboxylic acids is 1. The molecule has 4 rings (SSSR count). The second-order valence-corrected chi connectivity index (χ2v) is 11.7. The van der Waals surface area contributed by atoms with Crippen LogP contribution in [0.1, 0.15) is 43.7 Å². The minimum atomic E-state index is -3.96. The Labute approximate surface area is 230 Å². The van der Waals surface area contributed by atoms with Gasteiger partial charge in [0, 0.05) is 13.1 Å². The maximum Gasteiger partial charge on any atom is 0.335 e. The Bertz CT molecular complexity index is 1530. The molecular formula is C32H33NO5S. The van der Waals surface area contributed by atoms with Gasteiger partial charge in [0.1, 0.15) is 12.4 Å². The van der Waals surface area contributed by atoms with Crippen molar-refractivity contribution in [1.29, 1.82) is 0 Å². The van der Waals surface area contributed by atoms with E-state index in [-0.39, 0.29) is 23.5 Å². The number of hydrogen-bond acceptors (Lipinski definition) is 4. The maximum atomic E-state index is 13.7. The summed E-state index contributed by atoms with van der Waals surface area (Å²) >= 11 is 0. The van der Waals surface area contributed by atoms with Crippen LogP contribution in [0.2, 0.25) is 0 Å². The van der Waals surface area contributed by atoms with Gasteiger partial charge in [-0.3, -0.25) is 0 Å². The second kappa shape index (κ2) is 12.3. The lowest BCUT2D eigenvalue weighted by Gasteiger charge is -2.23. The molecule has 0 unspecified atom stereocenters. The summed E-state index contributed by atoms with van der Waals surface area (Å²) in [6, 6.07) is 27.8. The molecule has 0 fully saturated rings. The average molecular weight is 544 g/mol. The van der Waals surface area contributed by atoms with Gasteiger partial charge in [0.2, 0.25) is 10.0 Å². The van der Waals surface area contributed by atoms with Gasteiger partial charge < -0.3 is 9.84 Å². The van der Waals surface area contributed by atoms with Crippen molar-refractivity contribution in [2.75, 3.05) is 6.54 Å². The Morgan fingerprint density at radius 2 is 1.33 bits per heavy atom. The normalized spacial score (nSPS) is 11.5. The van der Waals surface area contributed by atoms with Gasteiger partial charge in [0.15, 0.2) is 0 Å². The number of hydrogen-bond donors (Lipinski definition) is 1. The number of carboxylic acid groups (broad SMARTS) is 1. The standard InChI is InChI=1S/C32H33NO5S/c1-23-4-9-27(10-5-23)21-33(39(36,37)30-17-8-25(3)31(20-30)32(34)35)19-18-26-13-15-29(16-14-26)38-22-28-11-6-24(2)7-12-28/h4-17,20H,18-19,21-22H2,1-3H3,(H,34,35). The van der Waals surface area contributed by atoms with Crippen molar-refractivity contribution in [2.45, 2.75) is 45.2 Å². The van der Waals surface area contributed by atoms with E-state index in [1.54, 1.807) is 6.92 Å². The van der Waals surface area contributed by atoms with Crippen LogP contribution in [-0.4, -0.2) is 30.3 Å². The number of carboxylic acids is 1. The third-order valence-electron chi connectivity index (χ3n) is 6.66. The van der Waals surface area contributed by atoms with Gasteiger partial charge in [-0.1, -0.05) is 77.9 Å². The third-order valence-corrected chi connectivity index (χ3v) is 8.50. The fourth-order valence-corrected chi connectivity index (χ4v) is 5.64. The molecule has 0 saturated carbocycles. The van der Waals surface area contributed by atoms with E-state index < -0.39 is 16.0 Å². The number of sulfonamides is 1. The van der Waals surface area contributed by atoms with Gasteiger partial charge in [-0.2, -0.15) is 4.31 Å². The molecule has 0 spiro atoms. The number of benzene rings is 4. The van der Waals surface area contributed by atoms with Crippen LogP contribution >= 0.6 is 0 Å². The highest BCUT2D eigenvalue weighted by molar-refractivity contribution is 7.89. The van der Waals surface area contributed by atoms with Gasteiger partial charge in [0.05, 0.1) is 10.5 Å². The van der Waals surface area contributed by atoms with Crippen molar-refractivity contribution < 1.29 is 23.1 Å². The first-order valence-electron chi connectivity index (χ1n) is 12.8. The van der Waals surface area contributed by atoms with Crippen LogP contribution in [-0.2, 0) is 29.6 Å². The van der Waals surface area contributed by atoms with Crippen molar-refractivity contribution >= 4 is 16.0 Å². The average Bonchev–Trinajstić information content (AvgIpc) is 2.92. The third kappa shape index (κ3) is 7.34. The molecule has 4 aromatic rings. The Hall–Kier alpha value is -3.94. The minimum Gasteiger partial charge on any atom is -0.489 e. The summed E-state index contributed by atoms with van der Waals surface area (Å²) in [4.78, 5) is 11.6. The number of carbonyl (C=O) groups is 1. The first kappa shape index (κ1) is 28.1. The van der Waals surface area contributed by atoms with E-state index in [1.165, 1.54) is 28.1 Å². The summed E-state index contributed by atoms with van der Waals surface area (Å²) in [6.45, 7) is 6.55. The van der Waals surface area contributed by atoms with Crippen LogP contribution in [0.25, 0.3) is 0 Å². The second-order valence-electron chi connectivity index (χ2n) is 9.77. The van der Waals surface area contributed by atoms with E-state index in [4.69, 9.17) is 4.74 Å². The number of aryl methyl sites for hydroxylation is 3. The Morgan fingerprint density at radius 1 is 0.769 bits per heavy atom. The molecule has 0 radical (unpaired) electrons. The van der Waals surface area contributed by atoms with Gasteiger partial charge in [-0.25, -0.2) is 13.2 Å². The molecule has 0 aliphatic carbocycles. The van der Waals surface area contributed by atoms with Crippen LogP contribution in [0, 0.1) is 20.8 Å². The minimum absolute atomic E-state index is 0.0208. The highest BCUT2D eigenvalue weighted by atomic mass is 32.2. The Balaban J connectivity index is 1.51. The SMILES string of the molecule is Cc1ccc(COc2ccc(CCN(Cc3ccc(C)cc3)S(=O)(=O)c3ccc(C)c(C(=O)O)c3)cc2)cc1. The van der Waals surface area contributed by atoms with E-state index >= 15 is 0 Å². The van der Waals surface area contributed by atoms with E-state index in [9.17, 15) is 18.3 Å². The molecule has 0 aliphatic rings. The predicted octanol–water partition coefficient (Wildman–Crippen LogP) is 6.32. The Kier molecular flexibility index (Phi) is 8.84. The summed E-state index contributed by atoms with van der Waals surface area (Å²) in [6.07, 6.45) is 0.487. The molecule has 0 aromatic heterocycles. The van der Waals surface area contributed by atoms with E-state index in [0.717, 1.165) is 28.0 Å². The van der Waals surface area contributed by atoms with Gasteiger partial charge in [-0.15, -0.1) is 0 Å². The van der Waals surface area contributed by atoms with Crippen molar-refractivity contribution in [3.63, 3.8) is 0 Å². The molecule has 4 aromatic carbocycles. The van der Waals surface area contributed by atoms with Crippen LogP contribution in [0.4, 0.5) is 0 Å². The molecule has 0 heterocycles. The van der Waals surface area contributed by atoms with Crippen molar-refractivity contribution in [1.82, 2.24) is 4.31 Å². The lowest BCUT2D eigenvalue weighted by atomic mass is 10.1. The molecule has 0 saturated heterocycles. The predicted molar refractivity (Wildman–Crippen MR) is 153 cm³/mol. The molecular weight excluding hydrogens is 510 g/mol. The number of ether oxygens (including phenoxy) is 1. The number of rotatable bonds is 11. The van der Waals surface area contributed by atoms with E-state index in [2.05, 4.69) is 12.1 Å². The smallest absolute Gasteiger partial charge is 0.335 e. The monoisotopic (exact) mass is 543 g/mol. The first-order chi connectivity index (χ1) is 18.6. The molecule has 7 heteroatoms. The van der Waals surface area contributed by atoms with Crippen molar-refractivity contribution in [3.05, 3.63) is 130 Å². The lowest BCUT2D eigenvalue weighted by molar-refractivity contribution is 0.0696. The lowest BCUT2D eigenvalue weighted by Crippen LogP contribution is -2.32. The summed E-state index contributed by atoms with van der Waals surface area (Å²) in [5.41, 5.74) is 5.69. The molecule has 0 aliphatic heterocycles. The van der Waals surface area contributed by atoms with Crippen molar-refractivity contribution in [2.24, 2.45) is 0 Å². The van der Waals surface area contributed by atoms with Crippen LogP contribution in [0.3, 0.4) is 0 Å². The molecule has 39 heavy (non-hydrogen) atoms. The molecule has 6 nitrogen and oxygen atoms in total. The number of nitrogens with zero attached hydrogens (tertiary/aromatic N) is 1. The van der Waals surface area contributed by atoms with E-state index in [0.29, 0.717) is 18.6 Å². The van der Waals surface area contributed by atoms with Crippen LogP contribution < -0.4 is 4.74 Å². The largest absolute Gasteiger partial charge is 0.489 e. The molecule has 0 bridgehead atoms.